The van der Waals surface area contributed by atoms with Crippen LogP contribution in [-0.4, -0.2) is 35.5 Å². The number of amides is 3. The minimum absolute atomic E-state index is 0.00131. The smallest absolute Gasteiger partial charge is 0.317 e. The zero-order valence-electron chi connectivity index (χ0n) is 15.0. The molecule has 1 saturated heterocycles. The van der Waals surface area contributed by atoms with E-state index in [2.05, 4.69) is 17.6 Å². The topological polar surface area (TPSA) is 61.4 Å². The maximum Gasteiger partial charge on any atom is 0.317 e. The predicted molar refractivity (Wildman–Crippen MR) is 95.9 cm³/mol. The van der Waals surface area contributed by atoms with Crippen LogP contribution in [0.2, 0.25) is 0 Å². The summed E-state index contributed by atoms with van der Waals surface area (Å²) >= 11 is 0. The summed E-state index contributed by atoms with van der Waals surface area (Å²) in [7, 11) is 0. The Bertz CT molecular complexity index is 571. The lowest BCUT2D eigenvalue weighted by Gasteiger charge is -2.35. The molecular formula is C19H29N3O2. The van der Waals surface area contributed by atoms with E-state index in [0.29, 0.717) is 18.2 Å². The Morgan fingerprint density at radius 1 is 1.29 bits per heavy atom. The molecule has 2 N–H and O–H groups in total. The van der Waals surface area contributed by atoms with Crippen LogP contribution in [0, 0.1) is 0 Å². The van der Waals surface area contributed by atoms with Crippen molar-refractivity contribution >= 4 is 11.9 Å². The molecule has 1 unspecified atom stereocenters. The van der Waals surface area contributed by atoms with Crippen LogP contribution in [0.15, 0.2) is 24.3 Å². The van der Waals surface area contributed by atoms with Gasteiger partial charge in [0.25, 0.3) is 5.91 Å². The molecule has 3 amide bonds. The third kappa shape index (κ3) is 4.98. The van der Waals surface area contributed by atoms with Gasteiger partial charge < -0.3 is 15.5 Å². The molecule has 1 aliphatic heterocycles. The fraction of sp³-hybridized carbons (Fsp3) is 0.579. The van der Waals surface area contributed by atoms with Gasteiger partial charge in [0.1, 0.15) is 0 Å². The number of carbonyl (C=O) groups excluding carboxylic acids is 2. The van der Waals surface area contributed by atoms with Gasteiger partial charge in [0.15, 0.2) is 0 Å². The van der Waals surface area contributed by atoms with Crippen LogP contribution >= 0.6 is 0 Å². The van der Waals surface area contributed by atoms with Crippen molar-refractivity contribution in [3.8, 4) is 0 Å². The number of piperidine rings is 1. The lowest BCUT2D eigenvalue weighted by molar-refractivity contribution is 0.0943. The first kappa shape index (κ1) is 18.3. The molecule has 1 fully saturated rings. The lowest BCUT2D eigenvalue weighted by Crippen LogP contribution is -2.48. The summed E-state index contributed by atoms with van der Waals surface area (Å²) in [5, 5.41) is 5.88. The highest BCUT2D eigenvalue weighted by atomic mass is 16.2. The second kappa shape index (κ2) is 8.71. The average molecular weight is 331 g/mol. The Kier molecular flexibility index (Phi) is 6.64. The minimum atomic E-state index is -0.0831. The van der Waals surface area contributed by atoms with Crippen molar-refractivity contribution in [3.63, 3.8) is 0 Å². The zero-order valence-corrected chi connectivity index (χ0v) is 15.0. The summed E-state index contributed by atoms with van der Waals surface area (Å²) in [5.74, 6) is -0.0831. The highest BCUT2D eigenvalue weighted by molar-refractivity contribution is 5.94. The van der Waals surface area contributed by atoms with Gasteiger partial charge in [-0.05, 0) is 57.2 Å². The Morgan fingerprint density at radius 2 is 2.08 bits per heavy atom. The fourth-order valence-electron chi connectivity index (χ4n) is 3.14. The molecule has 132 valence electrons. The Hall–Kier alpha value is -2.04. The van der Waals surface area contributed by atoms with E-state index in [4.69, 9.17) is 0 Å². The average Bonchev–Trinajstić information content (AvgIpc) is 2.59. The third-order valence-electron chi connectivity index (χ3n) is 4.41. The van der Waals surface area contributed by atoms with Crippen LogP contribution in [0.4, 0.5) is 4.79 Å². The Morgan fingerprint density at radius 3 is 2.79 bits per heavy atom. The highest BCUT2D eigenvalue weighted by Gasteiger charge is 2.24. The molecule has 5 nitrogen and oxygen atoms in total. The van der Waals surface area contributed by atoms with E-state index < -0.39 is 0 Å². The number of nitrogens with one attached hydrogen (secondary N) is 2. The minimum Gasteiger partial charge on any atom is -0.350 e. The van der Waals surface area contributed by atoms with Crippen molar-refractivity contribution in [1.82, 2.24) is 15.5 Å². The molecule has 5 heteroatoms. The van der Waals surface area contributed by atoms with E-state index in [1.165, 1.54) is 6.42 Å². The van der Waals surface area contributed by atoms with E-state index in [1.807, 2.05) is 36.9 Å². The SMILES string of the molecule is CCC1CCCCN1C(=O)NCc1cccc(C(=O)NC(C)C)c1. The lowest BCUT2D eigenvalue weighted by atomic mass is 10.0. The van der Waals surface area contributed by atoms with Crippen LogP contribution in [0.1, 0.15) is 62.4 Å². The van der Waals surface area contributed by atoms with Gasteiger partial charge in [-0.25, -0.2) is 4.79 Å². The maximum atomic E-state index is 12.4. The van der Waals surface area contributed by atoms with Crippen LogP contribution in [0.25, 0.3) is 0 Å². The molecular weight excluding hydrogens is 302 g/mol. The van der Waals surface area contributed by atoms with Crippen molar-refractivity contribution in [1.29, 1.82) is 0 Å². The van der Waals surface area contributed by atoms with Crippen LogP contribution in [0.3, 0.4) is 0 Å². The predicted octanol–water partition coefficient (Wildman–Crippen LogP) is 3.30. The van der Waals surface area contributed by atoms with Crippen LogP contribution in [0.5, 0.6) is 0 Å². The number of nitrogens with zero attached hydrogens (tertiary/aromatic N) is 1. The molecule has 1 aromatic rings. The monoisotopic (exact) mass is 331 g/mol. The third-order valence-corrected chi connectivity index (χ3v) is 4.41. The Labute approximate surface area is 144 Å². The first-order chi connectivity index (χ1) is 11.5. The van der Waals surface area contributed by atoms with Gasteiger partial charge in [0.2, 0.25) is 0 Å². The normalized spacial score (nSPS) is 17.7. The summed E-state index contributed by atoms with van der Waals surface area (Å²) in [6.07, 6.45) is 4.37. The molecule has 0 saturated carbocycles. The molecule has 24 heavy (non-hydrogen) atoms. The maximum absolute atomic E-state index is 12.4. The molecule has 0 bridgehead atoms. The second-order valence-electron chi connectivity index (χ2n) is 6.74. The molecule has 0 radical (unpaired) electrons. The largest absolute Gasteiger partial charge is 0.350 e. The molecule has 1 aromatic carbocycles. The van der Waals surface area contributed by atoms with Crippen molar-refractivity contribution < 1.29 is 9.59 Å². The second-order valence-corrected chi connectivity index (χ2v) is 6.74. The molecule has 1 aliphatic rings. The van der Waals surface area contributed by atoms with Gasteiger partial charge in [-0.3, -0.25) is 4.79 Å². The molecule has 0 spiro atoms. The van der Waals surface area contributed by atoms with Crippen molar-refractivity contribution in [3.05, 3.63) is 35.4 Å². The number of likely N-dealkylation sites (tertiary alicyclic amines) is 1. The van der Waals surface area contributed by atoms with Crippen molar-refractivity contribution in [2.24, 2.45) is 0 Å². The van der Waals surface area contributed by atoms with Crippen LogP contribution in [-0.2, 0) is 6.54 Å². The number of carbonyl (C=O) groups is 2. The molecule has 1 heterocycles. The molecule has 0 aliphatic carbocycles. The quantitative estimate of drug-likeness (QED) is 0.869. The van der Waals surface area contributed by atoms with Gasteiger partial charge in [-0.2, -0.15) is 0 Å². The van der Waals surface area contributed by atoms with Crippen molar-refractivity contribution in [2.75, 3.05) is 6.54 Å². The summed E-state index contributed by atoms with van der Waals surface area (Å²) in [4.78, 5) is 26.5. The van der Waals surface area contributed by atoms with Crippen molar-refractivity contribution in [2.45, 2.75) is 65.1 Å². The first-order valence-corrected chi connectivity index (χ1v) is 8.95. The van der Waals surface area contributed by atoms with E-state index >= 15 is 0 Å². The number of hydrogen-bond acceptors (Lipinski definition) is 2. The summed E-state index contributed by atoms with van der Waals surface area (Å²) < 4.78 is 0. The molecule has 0 aromatic heterocycles. The zero-order chi connectivity index (χ0) is 17.5. The van der Waals surface area contributed by atoms with Gasteiger partial charge >= 0.3 is 6.03 Å². The van der Waals surface area contributed by atoms with Gasteiger partial charge in [0.05, 0.1) is 0 Å². The van der Waals surface area contributed by atoms with Gasteiger partial charge in [0, 0.05) is 30.7 Å². The summed E-state index contributed by atoms with van der Waals surface area (Å²) in [5.41, 5.74) is 1.56. The molecule has 1 atom stereocenters. The highest BCUT2D eigenvalue weighted by Crippen LogP contribution is 2.19. The number of benzene rings is 1. The molecule has 2 rings (SSSR count). The van der Waals surface area contributed by atoms with Crippen LogP contribution < -0.4 is 10.6 Å². The standard InChI is InChI=1S/C19H29N3O2/c1-4-17-10-5-6-11-22(17)19(24)20-13-15-8-7-9-16(12-15)18(23)21-14(2)3/h7-9,12,14,17H,4-6,10-11,13H2,1-3H3,(H,20,24)(H,21,23). The van der Waals surface area contributed by atoms with E-state index in [0.717, 1.165) is 31.4 Å². The van der Waals surface area contributed by atoms with Gasteiger partial charge in [-0.1, -0.05) is 19.1 Å². The summed E-state index contributed by atoms with van der Waals surface area (Å²) in [6.45, 7) is 7.28. The summed E-state index contributed by atoms with van der Waals surface area (Å²) in [6, 6.07) is 7.87. The number of hydrogen-bond donors (Lipinski definition) is 2. The van der Waals surface area contributed by atoms with E-state index in [1.54, 1.807) is 6.07 Å². The first-order valence-electron chi connectivity index (χ1n) is 8.95. The number of rotatable bonds is 5. The van der Waals surface area contributed by atoms with E-state index in [9.17, 15) is 9.59 Å². The fourth-order valence-corrected chi connectivity index (χ4v) is 3.14. The van der Waals surface area contributed by atoms with Gasteiger partial charge in [-0.15, -0.1) is 0 Å². The van der Waals surface area contributed by atoms with E-state index in [-0.39, 0.29) is 18.0 Å². The Balaban J connectivity index is 1.94. The number of urea groups is 1.